The zero-order chi connectivity index (χ0) is 13.2. The minimum atomic E-state index is -0.0658. The summed E-state index contributed by atoms with van der Waals surface area (Å²) in [5.74, 6) is 0.0547. The summed E-state index contributed by atoms with van der Waals surface area (Å²) < 4.78 is 0. The molecule has 0 spiro atoms. The third-order valence-electron chi connectivity index (χ3n) is 3.31. The van der Waals surface area contributed by atoms with E-state index in [0.717, 1.165) is 24.1 Å². The van der Waals surface area contributed by atoms with Gasteiger partial charge in [0.1, 0.15) is 6.29 Å². The lowest BCUT2D eigenvalue weighted by Crippen LogP contribution is -2.33. The summed E-state index contributed by atoms with van der Waals surface area (Å²) in [6.45, 7) is 5.34. The number of anilines is 1. The molecule has 1 aromatic carbocycles. The van der Waals surface area contributed by atoms with E-state index in [4.69, 9.17) is 0 Å². The van der Waals surface area contributed by atoms with Crippen LogP contribution in [0.2, 0.25) is 0 Å². The zero-order valence-electron chi connectivity index (χ0n) is 10.7. The molecule has 4 nitrogen and oxygen atoms in total. The molecule has 1 amide bonds. The Morgan fingerprint density at radius 2 is 2.22 bits per heavy atom. The highest BCUT2D eigenvalue weighted by molar-refractivity contribution is 5.99. The highest BCUT2D eigenvalue weighted by Gasteiger charge is 2.24. The summed E-state index contributed by atoms with van der Waals surface area (Å²) in [6.07, 6.45) is 1.32. The molecule has 0 radical (unpaired) electrons. The number of carbonyl (C=O) groups is 2. The van der Waals surface area contributed by atoms with E-state index in [-0.39, 0.29) is 11.3 Å². The lowest BCUT2D eigenvalue weighted by atomic mass is 9.83. The predicted octanol–water partition coefficient (Wildman–Crippen LogP) is 1.25. The van der Waals surface area contributed by atoms with Gasteiger partial charge in [-0.1, -0.05) is 26.0 Å². The number of amides is 1. The van der Waals surface area contributed by atoms with Gasteiger partial charge in [-0.05, 0) is 17.2 Å². The SMILES string of the molecule is CC(C)(CNCC=O)c1ccc2c(c1)CC(=O)N2. The van der Waals surface area contributed by atoms with Gasteiger partial charge in [-0.2, -0.15) is 0 Å². The van der Waals surface area contributed by atoms with Crippen molar-refractivity contribution in [3.05, 3.63) is 29.3 Å². The quantitative estimate of drug-likeness (QED) is 0.607. The summed E-state index contributed by atoms with van der Waals surface area (Å²) in [7, 11) is 0. The minimum Gasteiger partial charge on any atom is -0.326 e. The van der Waals surface area contributed by atoms with Crippen molar-refractivity contribution in [1.29, 1.82) is 0 Å². The second kappa shape index (κ2) is 4.90. The van der Waals surface area contributed by atoms with Gasteiger partial charge in [0.15, 0.2) is 0 Å². The van der Waals surface area contributed by atoms with E-state index >= 15 is 0 Å². The molecule has 1 aliphatic rings. The number of hydrogen-bond donors (Lipinski definition) is 2. The van der Waals surface area contributed by atoms with Gasteiger partial charge in [0.05, 0.1) is 13.0 Å². The first-order valence-corrected chi connectivity index (χ1v) is 6.10. The number of rotatable bonds is 5. The third kappa shape index (κ3) is 2.59. The number of aldehydes is 1. The van der Waals surface area contributed by atoms with E-state index in [1.807, 2.05) is 12.1 Å². The molecule has 4 heteroatoms. The largest absolute Gasteiger partial charge is 0.326 e. The number of benzene rings is 1. The average Bonchev–Trinajstić information content (AvgIpc) is 2.68. The van der Waals surface area contributed by atoms with E-state index in [2.05, 4.69) is 30.5 Å². The Balaban J connectivity index is 2.16. The monoisotopic (exact) mass is 246 g/mol. The second-order valence-electron chi connectivity index (χ2n) is 5.28. The normalized spacial score (nSPS) is 14.2. The number of hydrogen-bond acceptors (Lipinski definition) is 3. The number of nitrogens with one attached hydrogen (secondary N) is 2. The number of carbonyl (C=O) groups excluding carboxylic acids is 2. The van der Waals surface area contributed by atoms with Crippen LogP contribution in [0.1, 0.15) is 25.0 Å². The molecule has 0 saturated carbocycles. The Morgan fingerprint density at radius 3 is 2.94 bits per heavy atom. The topological polar surface area (TPSA) is 58.2 Å². The summed E-state index contributed by atoms with van der Waals surface area (Å²) in [5.41, 5.74) is 3.08. The van der Waals surface area contributed by atoms with Crippen molar-refractivity contribution in [1.82, 2.24) is 5.32 Å². The Kier molecular flexibility index (Phi) is 3.48. The molecular weight excluding hydrogens is 228 g/mol. The van der Waals surface area contributed by atoms with Crippen LogP contribution in [0.15, 0.2) is 18.2 Å². The molecular formula is C14H18N2O2. The standard InChI is InChI=1S/C14H18N2O2/c1-14(2,9-15-5-6-17)11-3-4-12-10(7-11)8-13(18)16-12/h3-4,6-7,15H,5,8-9H2,1-2H3,(H,16,18). The van der Waals surface area contributed by atoms with Crippen molar-refractivity contribution in [3.8, 4) is 0 Å². The Bertz CT molecular complexity index is 481. The maximum absolute atomic E-state index is 11.3. The molecule has 0 fully saturated rings. The predicted molar refractivity (Wildman–Crippen MR) is 70.7 cm³/mol. The fourth-order valence-electron chi connectivity index (χ4n) is 2.20. The average molecular weight is 246 g/mol. The first-order chi connectivity index (χ1) is 8.53. The molecule has 0 atom stereocenters. The first-order valence-electron chi connectivity index (χ1n) is 6.10. The first kappa shape index (κ1) is 12.8. The Morgan fingerprint density at radius 1 is 1.44 bits per heavy atom. The highest BCUT2D eigenvalue weighted by atomic mass is 16.1. The molecule has 1 aliphatic heterocycles. The summed E-state index contributed by atoms with van der Waals surface area (Å²) in [5, 5.41) is 5.93. The van der Waals surface area contributed by atoms with E-state index in [9.17, 15) is 9.59 Å². The smallest absolute Gasteiger partial charge is 0.228 e. The molecule has 96 valence electrons. The van der Waals surface area contributed by atoms with E-state index in [1.165, 1.54) is 5.56 Å². The van der Waals surface area contributed by atoms with Crippen molar-refractivity contribution in [2.24, 2.45) is 0 Å². The molecule has 0 aromatic heterocycles. The van der Waals surface area contributed by atoms with Crippen LogP contribution < -0.4 is 10.6 Å². The van der Waals surface area contributed by atoms with Crippen molar-refractivity contribution >= 4 is 17.9 Å². The fourth-order valence-corrected chi connectivity index (χ4v) is 2.20. The minimum absolute atomic E-state index is 0.0547. The van der Waals surface area contributed by atoms with Gasteiger partial charge < -0.3 is 15.4 Å². The van der Waals surface area contributed by atoms with Gasteiger partial charge >= 0.3 is 0 Å². The van der Waals surface area contributed by atoms with Crippen LogP contribution in [0.3, 0.4) is 0 Å². The second-order valence-corrected chi connectivity index (χ2v) is 5.28. The van der Waals surface area contributed by atoms with E-state index < -0.39 is 0 Å². The lowest BCUT2D eigenvalue weighted by Gasteiger charge is -2.26. The maximum atomic E-state index is 11.3. The van der Waals surface area contributed by atoms with Crippen LogP contribution in [0.4, 0.5) is 5.69 Å². The Hall–Kier alpha value is -1.68. The van der Waals surface area contributed by atoms with Crippen molar-refractivity contribution in [3.63, 3.8) is 0 Å². The van der Waals surface area contributed by atoms with Gasteiger partial charge in [0.2, 0.25) is 5.91 Å². The molecule has 0 bridgehead atoms. The Labute approximate surface area is 107 Å². The summed E-state index contributed by atoms with van der Waals surface area (Å²) >= 11 is 0. The molecule has 0 aliphatic carbocycles. The van der Waals surface area contributed by atoms with Crippen molar-refractivity contribution in [2.45, 2.75) is 25.7 Å². The highest BCUT2D eigenvalue weighted by Crippen LogP contribution is 2.29. The van der Waals surface area contributed by atoms with Gasteiger partial charge in [0, 0.05) is 17.6 Å². The van der Waals surface area contributed by atoms with Gasteiger partial charge in [-0.15, -0.1) is 0 Å². The summed E-state index contributed by atoms with van der Waals surface area (Å²) in [6, 6.07) is 6.07. The van der Waals surface area contributed by atoms with E-state index in [0.29, 0.717) is 13.0 Å². The lowest BCUT2D eigenvalue weighted by molar-refractivity contribution is -0.115. The molecule has 0 saturated heterocycles. The van der Waals surface area contributed by atoms with Crippen LogP contribution in [-0.2, 0) is 21.4 Å². The van der Waals surface area contributed by atoms with E-state index in [1.54, 1.807) is 0 Å². The zero-order valence-corrected chi connectivity index (χ0v) is 10.7. The molecule has 2 N–H and O–H groups in total. The van der Waals surface area contributed by atoms with Crippen molar-refractivity contribution in [2.75, 3.05) is 18.4 Å². The molecule has 0 unspecified atom stereocenters. The van der Waals surface area contributed by atoms with Crippen LogP contribution in [0.5, 0.6) is 0 Å². The molecule has 2 rings (SSSR count). The molecule has 18 heavy (non-hydrogen) atoms. The van der Waals surface area contributed by atoms with Crippen LogP contribution in [-0.4, -0.2) is 25.3 Å². The third-order valence-corrected chi connectivity index (χ3v) is 3.31. The number of fused-ring (bicyclic) bond motifs is 1. The molecule has 1 aromatic rings. The van der Waals surface area contributed by atoms with Crippen molar-refractivity contribution < 1.29 is 9.59 Å². The summed E-state index contributed by atoms with van der Waals surface area (Å²) in [4.78, 5) is 21.6. The van der Waals surface area contributed by atoms with Crippen LogP contribution in [0, 0.1) is 0 Å². The van der Waals surface area contributed by atoms with Gasteiger partial charge in [-0.25, -0.2) is 0 Å². The van der Waals surface area contributed by atoms with Crippen LogP contribution >= 0.6 is 0 Å². The van der Waals surface area contributed by atoms with Crippen LogP contribution in [0.25, 0.3) is 0 Å². The fraction of sp³-hybridized carbons (Fsp3) is 0.429. The van der Waals surface area contributed by atoms with Gasteiger partial charge in [0.25, 0.3) is 0 Å². The maximum Gasteiger partial charge on any atom is 0.228 e. The molecule has 1 heterocycles. The van der Waals surface area contributed by atoms with Gasteiger partial charge in [-0.3, -0.25) is 4.79 Å².